The van der Waals surface area contributed by atoms with E-state index in [2.05, 4.69) is 10.2 Å². The Morgan fingerprint density at radius 1 is 1.29 bits per heavy atom. The van der Waals surface area contributed by atoms with Gasteiger partial charge in [-0.05, 0) is 37.1 Å². The first-order valence-corrected chi connectivity index (χ1v) is 8.66. The van der Waals surface area contributed by atoms with Crippen LogP contribution >= 0.6 is 11.6 Å². The van der Waals surface area contributed by atoms with Gasteiger partial charge in [0.15, 0.2) is 0 Å². The number of nitrogens with zero attached hydrogens (tertiary/aromatic N) is 2. The van der Waals surface area contributed by atoms with Crippen molar-refractivity contribution in [2.45, 2.75) is 25.4 Å². The van der Waals surface area contributed by atoms with Crippen molar-refractivity contribution in [2.24, 2.45) is 0 Å². The van der Waals surface area contributed by atoms with Crippen molar-refractivity contribution >= 4 is 23.6 Å². The molecule has 0 aromatic heterocycles. The molecule has 24 heavy (non-hydrogen) atoms. The van der Waals surface area contributed by atoms with Gasteiger partial charge in [-0.2, -0.15) is 0 Å². The quantitative estimate of drug-likeness (QED) is 0.879. The summed E-state index contributed by atoms with van der Waals surface area (Å²) >= 11 is 5.92. The Balaban J connectivity index is 1.47. The average molecular weight is 352 g/mol. The van der Waals surface area contributed by atoms with Gasteiger partial charge in [-0.25, -0.2) is 4.79 Å². The third kappa shape index (κ3) is 4.61. The highest BCUT2D eigenvalue weighted by Crippen LogP contribution is 2.16. The van der Waals surface area contributed by atoms with Crippen LogP contribution in [-0.2, 0) is 16.1 Å². The Kier molecular flexibility index (Phi) is 5.58. The van der Waals surface area contributed by atoms with Crippen molar-refractivity contribution in [1.29, 1.82) is 0 Å². The van der Waals surface area contributed by atoms with Crippen LogP contribution in [0.3, 0.4) is 0 Å². The lowest BCUT2D eigenvalue weighted by atomic mass is 10.0. The molecule has 2 aliphatic rings. The number of rotatable bonds is 5. The molecule has 0 saturated carbocycles. The van der Waals surface area contributed by atoms with Gasteiger partial charge in [0.25, 0.3) is 0 Å². The molecule has 0 unspecified atom stereocenters. The maximum atomic E-state index is 12.1. The van der Waals surface area contributed by atoms with Crippen molar-refractivity contribution in [3.05, 3.63) is 34.9 Å². The Morgan fingerprint density at radius 2 is 2.08 bits per heavy atom. The standard InChI is InChI=1S/C17H22ClN3O3/c18-14-5-3-13(4-6-14)10-20-7-1-2-15(11-20)19-16(22)12-21-8-9-24-17(21)23/h3-6,15H,1-2,7-12H2,(H,19,22)/t15-/m0/s1. The van der Waals surface area contributed by atoms with E-state index in [1.54, 1.807) is 0 Å². The normalized spacial score (nSPS) is 21.6. The zero-order valence-electron chi connectivity index (χ0n) is 13.5. The Labute approximate surface area is 146 Å². The molecule has 2 saturated heterocycles. The van der Waals surface area contributed by atoms with Crippen molar-refractivity contribution in [2.75, 3.05) is 32.8 Å². The van der Waals surface area contributed by atoms with Crippen LogP contribution < -0.4 is 5.32 Å². The highest BCUT2D eigenvalue weighted by molar-refractivity contribution is 6.30. The van der Waals surface area contributed by atoms with Gasteiger partial charge < -0.3 is 10.1 Å². The number of halogens is 1. The van der Waals surface area contributed by atoms with E-state index < -0.39 is 6.09 Å². The van der Waals surface area contributed by atoms with E-state index in [1.165, 1.54) is 10.5 Å². The molecule has 0 spiro atoms. The molecule has 2 heterocycles. The third-order valence-electron chi connectivity index (χ3n) is 4.37. The monoisotopic (exact) mass is 351 g/mol. The summed E-state index contributed by atoms with van der Waals surface area (Å²) in [6, 6.07) is 7.98. The Bertz CT molecular complexity index is 593. The molecule has 130 valence electrons. The number of carbonyl (C=O) groups is 2. The SMILES string of the molecule is O=C(CN1CCOC1=O)N[C@H]1CCCN(Cc2ccc(Cl)cc2)C1. The van der Waals surface area contributed by atoms with Crippen LogP contribution in [0.25, 0.3) is 0 Å². The molecule has 7 heteroatoms. The Hall–Kier alpha value is -1.79. The largest absolute Gasteiger partial charge is 0.448 e. The lowest BCUT2D eigenvalue weighted by Gasteiger charge is -2.33. The topological polar surface area (TPSA) is 61.9 Å². The first kappa shape index (κ1) is 17.0. The van der Waals surface area contributed by atoms with Gasteiger partial charge in [-0.1, -0.05) is 23.7 Å². The second kappa shape index (κ2) is 7.85. The number of nitrogens with one attached hydrogen (secondary N) is 1. The molecule has 2 fully saturated rings. The van der Waals surface area contributed by atoms with Crippen molar-refractivity contribution in [3.63, 3.8) is 0 Å². The second-order valence-electron chi connectivity index (χ2n) is 6.30. The molecule has 0 aliphatic carbocycles. The minimum atomic E-state index is -0.404. The van der Waals surface area contributed by atoms with Gasteiger partial charge in [-0.15, -0.1) is 0 Å². The summed E-state index contributed by atoms with van der Waals surface area (Å²) in [7, 11) is 0. The zero-order valence-corrected chi connectivity index (χ0v) is 14.3. The molecule has 6 nitrogen and oxygen atoms in total. The van der Waals surface area contributed by atoms with Crippen LogP contribution in [0.4, 0.5) is 4.79 Å². The number of amides is 2. The lowest BCUT2D eigenvalue weighted by Crippen LogP contribution is -2.49. The van der Waals surface area contributed by atoms with Crippen LogP contribution in [0.1, 0.15) is 18.4 Å². The highest BCUT2D eigenvalue weighted by atomic mass is 35.5. The number of benzene rings is 1. The number of carbonyl (C=O) groups excluding carboxylic acids is 2. The van der Waals surface area contributed by atoms with Crippen LogP contribution in [0, 0.1) is 0 Å². The molecule has 1 atom stereocenters. The first-order valence-electron chi connectivity index (χ1n) is 8.28. The fourth-order valence-electron chi connectivity index (χ4n) is 3.18. The molecule has 0 bridgehead atoms. The molecule has 1 aromatic carbocycles. The number of hydrogen-bond donors (Lipinski definition) is 1. The summed E-state index contributed by atoms with van der Waals surface area (Å²) in [5.41, 5.74) is 1.21. The van der Waals surface area contributed by atoms with E-state index in [-0.39, 0.29) is 18.5 Å². The van der Waals surface area contributed by atoms with Crippen LogP contribution in [0.2, 0.25) is 5.02 Å². The minimum Gasteiger partial charge on any atom is -0.448 e. The number of likely N-dealkylation sites (tertiary alicyclic amines) is 1. The van der Waals surface area contributed by atoms with Crippen LogP contribution in [-0.4, -0.2) is 60.6 Å². The number of cyclic esters (lactones) is 1. The number of hydrogen-bond acceptors (Lipinski definition) is 4. The van der Waals surface area contributed by atoms with E-state index in [9.17, 15) is 9.59 Å². The van der Waals surface area contributed by atoms with Crippen LogP contribution in [0.15, 0.2) is 24.3 Å². The molecule has 2 aliphatic heterocycles. The summed E-state index contributed by atoms with van der Waals surface area (Å²) < 4.78 is 4.84. The summed E-state index contributed by atoms with van der Waals surface area (Å²) in [5, 5.41) is 3.78. The van der Waals surface area contributed by atoms with E-state index in [1.807, 2.05) is 24.3 Å². The smallest absolute Gasteiger partial charge is 0.410 e. The van der Waals surface area contributed by atoms with E-state index in [0.717, 1.165) is 37.5 Å². The lowest BCUT2D eigenvalue weighted by molar-refractivity contribution is -0.122. The molecule has 0 radical (unpaired) electrons. The Morgan fingerprint density at radius 3 is 2.79 bits per heavy atom. The van der Waals surface area contributed by atoms with E-state index >= 15 is 0 Å². The maximum absolute atomic E-state index is 12.1. The van der Waals surface area contributed by atoms with Gasteiger partial charge in [0.2, 0.25) is 5.91 Å². The molecule has 3 rings (SSSR count). The number of piperidine rings is 1. The van der Waals surface area contributed by atoms with Crippen molar-refractivity contribution in [1.82, 2.24) is 15.1 Å². The predicted octanol–water partition coefficient (Wildman–Crippen LogP) is 1.87. The number of ether oxygens (including phenoxy) is 1. The van der Waals surface area contributed by atoms with Gasteiger partial charge in [0, 0.05) is 24.2 Å². The molecular weight excluding hydrogens is 330 g/mol. The zero-order chi connectivity index (χ0) is 16.9. The molecular formula is C17H22ClN3O3. The fraction of sp³-hybridized carbons (Fsp3) is 0.529. The molecule has 2 amide bonds. The van der Waals surface area contributed by atoms with Gasteiger partial charge in [-0.3, -0.25) is 14.6 Å². The summed E-state index contributed by atoms with van der Waals surface area (Å²) in [6.45, 7) is 3.62. The molecule has 1 aromatic rings. The summed E-state index contributed by atoms with van der Waals surface area (Å²) in [5.74, 6) is -0.118. The second-order valence-corrected chi connectivity index (χ2v) is 6.74. The predicted molar refractivity (Wildman–Crippen MR) is 90.8 cm³/mol. The van der Waals surface area contributed by atoms with Gasteiger partial charge in [0.1, 0.15) is 13.2 Å². The summed E-state index contributed by atoms with van der Waals surface area (Å²) in [4.78, 5) is 27.3. The maximum Gasteiger partial charge on any atom is 0.410 e. The first-order chi connectivity index (χ1) is 11.6. The third-order valence-corrected chi connectivity index (χ3v) is 4.62. The minimum absolute atomic E-state index is 0.0759. The fourth-order valence-corrected chi connectivity index (χ4v) is 3.31. The van der Waals surface area contributed by atoms with E-state index in [0.29, 0.717) is 13.2 Å². The van der Waals surface area contributed by atoms with Crippen molar-refractivity contribution < 1.29 is 14.3 Å². The summed E-state index contributed by atoms with van der Waals surface area (Å²) in [6.07, 6.45) is 1.61. The van der Waals surface area contributed by atoms with E-state index in [4.69, 9.17) is 16.3 Å². The van der Waals surface area contributed by atoms with Crippen LogP contribution in [0.5, 0.6) is 0 Å². The van der Waals surface area contributed by atoms with Gasteiger partial charge in [0.05, 0.1) is 6.54 Å². The van der Waals surface area contributed by atoms with Gasteiger partial charge >= 0.3 is 6.09 Å². The average Bonchev–Trinajstić information content (AvgIpc) is 2.95. The molecule has 1 N–H and O–H groups in total. The van der Waals surface area contributed by atoms with Crippen molar-refractivity contribution in [3.8, 4) is 0 Å². The highest BCUT2D eigenvalue weighted by Gasteiger charge is 2.26.